The molecule has 2 aromatic carbocycles. The third-order valence-corrected chi connectivity index (χ3v) is 3.44. The molecule has 3 rings (SSSR count). The van der Waals surface area contributed by atoms with Gasteiger partial charge in [-0.2, -0.15) is 4.98 Å². The number of aromatic nitrogens is 2. The van der Waals surface area contributed by atoms with Crippen LogP contribution in [0.3, 0.4) is 0 Å². The van der Waals surface area contributed by atoms with Crippen LogP contribution in [0.1, 0.15) is 20.7 Å². The maximum Gasteiger partial charge on any atom is 0.337 e. The summed E-state index contributed by atoms with van der Waals surface area (Å²) >= 11 is 0. The minimum Gasteiger partial charge on any atom is -0.478 e. The predicted molar refractivity (Wildman–Crippen MR) is 95.4 cm³/mol. The number of benzene rings is 2. The van der Waals surface area contributed by atoms with Crippen molar-refractivity contribution in [2.45, 2.75) is 0 Å². The van der Waals surface area contributed by atoms with E-state index < -0.39 is 11.9 Å². The number of hydrogen-bond donors (Lipinski definition) is 4. The zero-order chi connectivity index (χ0) is 18.5. The van der Waals surface area contributed by atoms with Crippen molar-refractivity contribution >= 4 is 35.1 Å². The molecule has 8 nitrogen and oxygen atoms in total. The number of para-hydroxylation sites is 1. The van der Waals surface area contributed by atoms with Crippen LogP contribution in [-0.4, -0.2) is 32.1 Å². The molecule has 0 amide bonds. The van der Waals surface area contributed by atoms with Crippen LogP contribution in [-0.2, 0) is 0 Å². The van der Waals surface area contributed by atoms with Gasteiger partial charge in [-0.1, -0.05) is 18.2 Å². The smallest absolute Gasteiger partial charge is 0.337 e. The van der Waals surface area contributed by atoms with Crippen LogP contribution in [0.2, 0.25) is 0 Å². The number of carboxylic acids is 2. The molecular weight excluding hydrogens is 336 g/mol. The van der Waals surface area contributed by atoms with Gasteiger partial charge >= 0.3 is 11.9 Å². The quantitative estimate of drug-likeness (QED) is 0.533. The SMILES string of the molecule is O=C(O)c1cccc(Nc2ccnc(Nc3ccccc3C(=O)O)n2)c1. The van der Waals surface area contributed by atoms with Crippen molar-refractivity contribution in [2.24, 2.45) is 0 Å². The first kappa shape index (κ1) is 16.9. The summed E-state index contributed by atoms with van der Waals surface area (Å²) < 4.78 is 0. The van der Waals surface area contributed by atoms with Crippen LogP contribution < -0.4 is 10.6 Å². The molecule has 4 N–H and O–H groups in total. The summed E-state index contributed by atoms with van der Waals surface area (Å²) in [6, 6.07) is 14.3. The van der Waals surface area contributed by atoms with Crippen LogP contribution in [0.15, 0.2) is 60.8 Å². The summed E-state index contributed by atoms with van der Waals surface area (Å²) in [4.78, 5) is 30.6. The van der Waals surface area contributed by atoms with Gasteiger partial charge in [-0.25, -0.2) is 14.6 Å². The number of carbonyl (C=O) groups is 2. The van der Waals surface area contributed by atoms with Crippen molar-refractivity contribution in [1.82, 2.24) is 9.97 Å². The number of nitrogens with one attached hydrogen (secondary N) is 2. The molecule has 0 spiro atoms. The van der Waals surface area contributed by atoms with Crippen LogP contribution in [0.4, 0.5) is 23.1 Å². The highest BCUT2D eigenvalue weighted by molar-refractivity contribution is 5.94. The fraction of sp³-hybridized carbons (Fsp3) is 0. The molecule has 0 unspecified atom stereocenters. The van der Waals surface area contributed by atoms with E-state index in [1.807, 2.05) is 0 Å². The van der Waals surface area contributed by atoms with E-state index in [9.17, 15) is 14.7 Å². The minimum atomic E-state index is -1.06. The average molecular weight is 350 g/mol. The molecule has 1 heterocycles. The Kier molecular flexibility index (Phi) is 4.75. The molecule has 0 radical (unpaired) electrons. The Morgan fingerprint density at radius 1 is 0.885 bits per heavy atom. The first-order valence-corrected chi connectivity index (χ1v) is 7.56. The first-order valence-electron chi connectivity index (χ1n) is 7.56. The van der Waals surface area contributed by atoms with Crippen molar-refractivity contribution in [2.75, 3.05) is 10.6 Å². The lowest BCUT2D eigenvalue weighted by molar-refractivity contribution is 0.0686. The van der Waals surface area contributed by atoms with Gasteiger partial charge in [-0.05, 0) is 36.4 Å². The van der Waals surface area contributed by atoms with Crippen molar-refractivity contribution in [1.29, 1.82) is 0 Å². The van der Waals surface area contributed by atoms with E-state index in [0.29, 0.717) is 17.2 Å². The van der Waals surface area contributed by atoms with Crippen molar-refractivity contribution in [3.8, 4) is 0 Å². The molecule has 1 aromatic heterocycles. The molecule has 0 aliphatic heterocycles. The van der Waals surface area contributed by atoms with E-state index >= 15 is 0 Å². The van der Waals surface area contributed by atoms with Crippen LogP contribution in [0.25, 0.3) is 0 Å². The molecule has 0 aliphatic rings. The van der Waals surface area contributed by atoms with E-state index in [2.05, 4.69) is 20.6 Å². The molecule has 0 atom stereocenters. The average Bonchev–Trinajstić information content (AvgIpc) is 2.62. The zero-order valence-corrected chi connectivity index (χ0v) is 13.4. The van der Waals surface area contributed by atoms with Gasteiger partial charge in [0, 0.05) is 11.9 Å². The number of rotatable bonds is 6. The van der Waals surface area contributed by atoms with E-state index in [4.69, 9.17) is 5.11 Å². The Hall–Kier alpha value is -3.94. The largest absolute Gasteiger partial charge is 0.478 e. The van der Waals surface area contributed by atoms with Gasteiger partial charge in [0.05, 0.1) is 16.8 Å². The molecule has 0 saturated carbocycles. The van der Waals surface area contributed by atoms with Gasteiger partial charge in [0.1, 0.15) is 5.82 Å². The molecule has 0 saturated heterocycles. The molecule has 8 heteroatoms. The molecule has 0 aliphatic carbocycles. The second-order valence-electron chi connectivity index (χ2n) is 5.25. The third-order valence-electron chi connectivity index (χ3n) is 3.44. The summed E-state index contributed by atoms with van der Waals surface area (Å²) in [5.74, 6) is -1.45. The minimum absolute atomic E-state index is 0.101. The van der Waals surface area contributed by atoms with E-state index in [1.165, 1.54) is 24.4 Å². The Morgan fingerprint density at radius 2 is 1.69 bits per heavy atom. The van der Waals surface area contributed by atoms with Crippen LogP contribution in [0.5, 0.6) is 0 Å². The third kappa shape index (κ3) is 3.93. The van der Waals surface area contributed by atoms with Crippen molar-refractivity contribution in [3.63, 3.8) is 0 Å². The topological polar surface area (TPSA) is 124 Å². The molecular formula is C18H14N4O4. The number of anilines is 4. The van der Waals surface area contributed by atoms with Gasteiger partial charge in [0.2, 0.25) is 5.95 Å². The standard InChI is InChI=1S/C18H14N4O4/c23-16(24)11-4-3-5-12(10-11)20-15-8-9-19-18(22-15)21-14-7-2-1-6-13(14)17(25)26/h1-10H,(H,23,24)(H,25,26)(H2,19,20,21,22). The Bertz CT molecular complexity index is 975. The lowest BCUT2D eigenvalue weighted by Crippen LogP contribution is -2.05. The van der Waals surface area contributed by atoms with E-state index in [0.717, 1.165) is 0 Å². The van der Waals surface area contributed by atoms with Gasteiger partial charge < -0.3 is 20.8 Å². The highest BCUT2D eigenvalue weighted by Crippen LogP contribution is 2.21. The van der Waals surface area contributed by atoms with Crippen LogP contribution in [0, 0.1) is 0 Å². The lowest BCUT2D eigenvalue weighted by Gasteiger charge is -2.10. The van der Waals surface area contributed by atoms with Gasteiger partial charge in [-0.15, -0.1) is 0 Å². The second kappa shape index (κ2) is 7.31. The summed E-state index contributed by atoms with van der Waals surface area (Å²) in [6.07, 6.45) is 1.50. The number of nitrogens with zero attached hydrogens (tertiary/aromatic N) is 2. The molecule has 3 aromatic rings. The number of aromatic carboxylic acids is 2. The summed E-state index contributed by atoms with van der Waals surface area (Å²) in [5, 5.41) is 24.1. The Labute approximate surface area is 148 Å². The number of hydrogen-bond acceptors (Lipinski definition) is 6. The predicted octanol–water partition coefficient (Wildman–Crippen LogP) is 3.36. The van der Waals surface area contributed by atoms with E-state index in [-0.39, 0.29) is 17.1 Å². The van der Waals surface area contributed by atoms with E-state index in [1.54, 1.807) is 36.4 Å². The maximum absolute atomic E-state index is 11.3. The second-order valence-corrected chi connectivity index (χ2v) is 5.25. The van der Waals surface area contributed by atoms with Crippen LogP contribution >= 0.6 is 0 Å². The van der Waals surface area contributed by atoms with Gasteiger partial charge in [0.25, 0.3) is 0 Å². The summed E-state index contributed by atoms with van der Waals surface area (Å²) in [6.45, 7) is 0. The lowest BCUT2D eigenvalue weighted by atomic mass is 10.2. The van der Waals surface area contributed by atoms with Crippen molar-refractivity contribution in [3.05, 3.63) is 71.9 Å². The van der Waals surface area contributed by atoms with Crippen molar-refractivity contribution < 1.29 is 19.8 Å². The number of carboxylic acid groups (broad SMARTS) is 2. The maximum atomic E-state index is 11.3. The molecule has 26 heavy (non-hydrogen) atoms. The molecule has 0 bridgehead atoms. The fourth-order valence-corrected chi connectivity index (χ4v) is 2.27. The zero-order valence-electron chi connectivity index (χ0n) is 13.4. The monoisotopic (exact) mass is 350 g/mol. The highest BCUT2D eigenvalue weighted by Gasteiger charge is 2.10. The normalized spacial score (nSPS) is 10.2. The first-order chi connectivity index (χ1) is 12.5. The van der Waals surface area contributed by atoms with Gasteiger partial charge in [0.15, 0.2) is 0 Å². The Balaban J connectivity index is 1.82. The van der Waals surface area contributed by atoms with Gasteiger partial charge in [-0.3, -0.25) is 0 Å². The highest BCUT2D eigenvalue weighted by atomic mass is 16.4. The summed E-state index contributed by atoms with van der Waals surface area (Å²) in [7, 11) is 0. The Morgan fingerprint density at radius 3 is 2.46 bits per heavy atom. The fourth-order valence-electron chi connectivity index (χ4n) is 2.27. The molecule has 0 fully saturated rings. The summed E-state index contributed by atoms with van der Waals surface area (Å²) in [5.41, 5.74) is 1.17. The molecule has 130 valence electrons.